The van der Waals surface area contributed by atoms with Crippen LogP contribution in [0.3, 0.4) is 0 Å². The molecule has 2 N–H and O–H groups in total. The summed E-state index contributed by atoms with van der Waals surface area (Å²) in [6.07, 6.45) is 4.19. The van der Waals surface area contributed by atoms with Crippen molar-refractivity contribution < 1.29 is 22.4 Å². The van der Waals surface area contributed by atoms with Crippen LogP contribution in [0.2, 0.25) is 0 Å². The monoisotopic (exact) mass is 510 g/mol. The number of amides is 1. The molecule has 0 saturated heterocycles. The number of anilines is 1. The molecule has 4 heterocycles. The molecule has 0 unspecified atom stereocenters. The molecule has 4 aromatic rings. The van der Waals surface area contributed by atoms with Gasteiger partial charge >= 0.3 is 6.18 Å². The fourth-order valence-electron chi connectivity index (χ4n) is 3.29. The first-order chi connectivity index (χ1) is 17.7. The fourth-order valence-corrected chi connectivity index (χ4v) is 3.29. The van der Waals surface area contributed by atoms with E-state index >= 15 is 0 Å². The summed E-state index contributed by atoms with van der Waals surface area (Å²) in [7, 11) is 0. The predicted octanol–water partition coefficient (Wildman–Crippen LogP) is 5.01. The number of nitrogens with zero attached hydrogens (tertiary/aromatic N) is 5. The summed E-state index contributed by atoms with van der Waals surface area (Å²) in [6.45, 7) is 3.53. The second-order valence-electron chi connectivity index (χ2n) is 7.47. The molecular weight excluding hydrogens is 488 g/mol. The second kappa shape index (κ2) is 11.4. The maximum Gasteiger partial charge on any atom is 0.417 e. The van der Waals surface area contributed by atoms with Crippen LogP contribution >= 0.6 is 0 Å². The van der Waals surface area contributed by atoms with Crippen molar-refractivity contribution in [3.63, 3.8) is 0 Å². The minimum atomic E-state index is -4.55. The summed E-state index contributed by atoms with van der Waals surface area (Å²) in [4.78, 5) is 30.6. The molecule has 37 heavy (non-hydrogen) atoms. The average molecular weight is 510 g/mol. The zero-order valence-corrected chi connectivity index (χ0v) is 19.9. The van der Waals surface area contributed by atoms with Gasteiger partial charge in [0.25, 0.3) is 5.91 Å². The molecule has 4 rings (SSSR count). The second-order valence-corrected chi connectivity index (χ2v) is 7.47. The molecule has 7 nitrogen and oxygen atoms in total. The van der Waals surface area contributed by atoms with Crippen LogP contribution < -0.4 is 5.73 Å². The van der Waals surface area contributed by atoms with Crippen molar-refractivity contribution >= 4 is 22.8 Å². The normalized spacial score (nSPS) is 10.8. The third-order valence-corrected chi connectivity index (χ3v) is 5.07. The Morgan fingerprint density at radius 1 is 1.08 bits per heavy atom. The van der Waals surface area contributed by atoms with Gasteiger partial charge in [-0.1, -0.05) is 19.8 Å². The van der Waals surface area contributed by atoms with Gasteiger partial charge in [-0.3, -0.25) is 14.8 Å². The number of nitrogens with two attached hydrogens (primary N) is 1. The van der Waals surface area contributed by atoms with E-state index in [9.17, 15) is 22.4 Å². The molecule has 0 aliphatic rings. The lowest BCUT2D eigenvalue weighted by Gasteiger charge is -2.22. The van der Waals surface area contributed by atoms with Gasteiger partial charge in [-0.05, 0) is 36.4 Å². The molecule has 0 saturated carbocycles. The van der Waals surface area contributed by atoms with Crippen molar-refractivity contribution in [2.75, 3.05) is 5.73 Å². The number of halogens is 4. The highest BCUT2D eigenvalue weighted by atomic mass is 19.4. The van der Waals surface area contributed by atoms with Crippen LogP contribution in [-0.4, -0.2) is 30.7 Å². The first-order valence-electron chi connectivity index (χ1n) is 11.1. The molecular formula is C26H22F4N6O. The number of pyridine rings is 4. The minimum Gasteiger partial charge on any atom is -0.383 e. The van der Waals surface area contributed by atoms with Gasteiger partial charge in [0, 0.05) is 24.0 Å². The van der Waals surface area contributed by atoms with E-state index in [1.165, 1.54) is 35.5 Å². The third kappa shape index (κ3) is 6.35. The lowest BCUT2D eigenvalue weighted by atomic mass is 10.1. The molecule has 0 atom stereocenters. The number of carbonyl (C=O) groups is 1. The third-order valence-electron chi connectivity index (χ3n) is 5.07. The van der Waals surface area contributed by atoms with Crippen LogP contribution in [0.5, 0.6) is 0 Å². The Hall–Kier alpha value is -4.59. The van der Waals surface area contributed by atoms with Crippen LogP contribution in [-0.2, 0) is 19.3 Å². The van der Waals surface area contributed by atoms with Gasteiger partial charge in [0.05, 0.1) is 41.2 Å². The molecule has 11 heteroatoms. The van der Waals surface area contributed by atoms with Crippen molar-refractivity contribution in [2.45, 2.75) is 33.1 Å². The van der Waals surface area contributed by atoms with Crippen molar-refractivity contribution in [1.29, 1.82) is 0 Å². The van der Waals surface area contributed by atoms with Crippen LogP contribution in [0.25, 0.3) is 11.0 Å². The Balaban J connectivity index is 0.00000186. The van der Waals surface area contributed by atoms with Crippen LogP contribution in [0.4, 0.5) is 23.4 Å². The summed E-state index contributed by atoms with van der Waals surface area (Å²) >= 11 is 0. The highest BCUT2D eigenvalue weighted by Crippen LogP contribution is 2.28. The molecule has 0 spiro atoms. The molecule has 190 valence electrons. The minimum absolute atomic E-state index is 0.0226. The van der Waals surface area contributed by atoms with Crippen molar-refractivity contribution in [3.05, 3.63) is 88.9 Å². The highest BCUT2D eigenvalue weighted by Gasteiger charge is 2.31. The Morgan fingerprint density at radius 3 is 2.46 bits per heavy atom. The largest absolute Gasteiger partial charge is 0.417 e. The number of nitrogen functional groups attached to an aromatic ring is 1. The smallest absolute Gasteiger partial charge is 0.383 e. The SMILES string of the molecule is C#Cc1cc2cc(C(=O)N(Cc3ccc(C(F)(F)F)cn3)Cc3ncccc3F)cnc2nc1N.CC. The Kier molecular flexibility index (Phi) is 8.34. The number of hydrogen-bond acceptors (Lipinski definition) is 6. The number of hydrogen-bond donors (Lipinski definition) is 1. The lowest BCUT2D eigenvalue weighted by Crippen LogP contribution is -2.31. The van der Waals surface area contributed by atoms with Gasteiger partial charge in [0.2, 0.25) is 0 Å². The molecule has 0 aliphatic carbocycles. The average Bonchev–Trinajstić information content (AvgIpc) is 2.89. The van der Waals surface area contributed by atoms with Gasteiger partial charge in [-0.15, -0.1) is 6.42 Å². The van der Waals surface area contributed by atoms with Crippen molar-refractivity contribution in [1.82, 2.24) is 24.8 Å². The van der Waals surface area contributed by atoms with E-state index < -0.39 is 23.5 Å². The first-order valence-corrected chi connectivity index (χ1v) is 11.1. The standard InChI is InChI=1S/C24H16F4N6O.C2H6/c1-2-14-8-15-9-16(10-32-22(15)33-21(14)29)23(35)34(13-20-19(25)4-3-7-30-20)12-18-6-5-17(11-31-18)24(26,27)28;1-2/h1,3-11H,12-13H2,(H2,29,32,33);1-2H3. The number of carbonyl (C=O) groups excluding carboxylic acids is 1. The van der Waals surface area contributed by atoms with Gasteiger partial charge in [-0.25, -0.2) is 14.4 Å². The van der Waals surface area contributed by atoms with E-state index in [0.717, 1.165) is 12.1 Å². The zero-order valence-electron chi connectivity index (χ0n) is 19.9. The van der Waals surface area contributed by atoms with Gasteiger partial charge in [0.15, 0.2) is 5.65 Å². The summed E-state index contributed by atoms with van der Waals surface area (Å²) in [5, 5.41) is 0.453. The van der Waals surface area contributed by atoms with Crippen molar-refractivity contribution in [3.8, 4) is 12.3 Å². The molecule has 0 radical (unpaired) electrons. The topological polar surface area (TPSA) is 97.9 Å². The zero-order chi connectivity index (χ0) is 27.2. The summed E-state index contributed by atoms with van der Waals surface area (Å²) < 4.78 is 52.9. The van der Waals surface area contributed by atoms with E-state index in [1.54, 1.807) is 6.07 Å². The maximum absolute atomic E-state index is 14.3. The number of fused-ring (bicyclic) bond motifs is 1. The highest BCUT2D eigenvalue weighted by molar-refractivity contribution is 5.97. The fraction of sp³-hybridized carbons (Fsp3) is 0.192. The lowest BCUT2D eigenvalue weighted by molar-refractivity contribution is -0.137. The quantitative estimate of drug-likeness (QED) is 0.299. The Morgan fingerprint density at radius 2 is 1.84 bits per heavy atom. The summed E-state index contributed by atoms with van der Waals surface area (Å²) in [6, 6.07) is 7.67. The maximum atomic E-state index is 14.3. The van der Waals surface area contributed by atoms with E-state index in [2.05, 4.69) is 25.9 Å². The predicted molar refractivity (Wildman–Crippen MR) is 130 cm³/mol. The van der Waals surface area contributed by atoms with Crippen LogP contribution in [0, 0.1) is 18.2 Å². The van der Waals surface area contributed by atoms with E-state index in [1.807, 2.05) is 13.8 Å². The van der Waals surface area contributed by atoms with E-state index in [-0.39, 0.29) is 41.5 Å². The summed E-state index contributed by atoms with van der Waals surface area (Å²) in [5.74, 6) is 1.30. The molecule has 0 bridgehead atoms. The van der Waals surface area contributed by atoms with Gasteiger partial charge in [0.1, 0.15) is 11.6 Å². The Bertz CT molecular complexity index is 1450. The molecule has 0 aromatic carbocycles. The van der Waals surface area contributed by atoms with Crippen molar-refractivity contribution in [2.24, 2.45) is 0 Å². The number of terminal acetylenes is 1. The number of rotatable bonds is 5. The molecule has 1 amide bonds. The van der Waals surface area contributed by atoms with Gasteiger partial charge in [-0.2, -0.15) is 13.2 Å². The first kappa shape index (κ1) is 27.0. The summed E-state index contributed by atoms with van der Waals surface area (Å²) in [5.41, 5.74) is 5.71. The number of aromatic nitrogens is 4. The van der Waals surface area contributed by atoms with E-state index in [0.29, 0.717) is 17.1 Å². The molecule has 4 aromatic heterocycles. The van der Waals surface area contributed by atoms with E-state index in [4.69, 9.17) is 12.2 Å². The molecule has 0 aliphatic heterocycles. The molecule has 0 fully saturated rings. The Labute approximate surface area is 210 Å². The number of alkyl halides is 3. The van der Waals surface area contributed by atoms with Gasteiger partial charge < -0.3 is 10.6 Å². The van der Waals surface area contributed by atoms with Crippen LogP contribution in [0.1, 0.15) is 46.7 Å². The van der Waals surface area contributed by atoms with Crippen LogP contribution in [0.15, 0.2) is 55.0 Å².